The van der Waals surface area contributed by atoms with Gasteiger partial charge in [-0.3, -0.25) is 15.0 Å². The lowest BCUT2D eigenvalue weighted by atomic mass is 10.1. The molecule has 238 valence electrons. The topological polar surface area (TPSA) is 48.5 Å². The number of benzene rings is 4. The van der Waals surface area contributed by atoms with Gasteiger partial charge in [0.15, 0.2) is 5.13 Å². The Morgan fingerprint density at radius 2 is 1.49 bits per heavy atom. The van der Waals surface area contributed by atoms with Gasteiger partial charge in [-0.25, -0.2) is 4.98 Å². The number of nitrogens with zero attached hydrogens (tertiary/aromatic N) is 3. The number of aromatic nitrogens is 1. The second kappa shape index (κ2) is 14.2. The molecule has 0 spiro atoms. The Balaban J connectivity index is 1.19. The van der Waals surface area contributed by atoms with Crippen LogP contribution in [-0.2, 0) is 6.54 Å². The van der Waals surface area contributed by atoms with Gasteiger partial charge >= 0.3 is 0 Å². The summed E-state index contributed by atoms with van der Waals surface area (Å²) < 4.78 is 0. The van der Waals surface area contributed by atoms with Crippen LogP contribution in [0.25, 0.3) is 11.3 Å². The number of anilines is 1. The van der Waals surface area contributed by atoms with Crippen LogP contribution >= 0.6 is 11.3 Å². The minimum atomic E-state index is -2.52. The molecule has 2 heterocycles. The van der Waals surface area contributed by atoms with Gasteiger partial charge in [0.05, 0.1) is 5.69 Å². The average Bonchev–Trinajstić information content (AvgIpc) is 3.55. The quantitative estimate of drug-likeness (QED) is 0.156. The SMILES string of the molecule is CN1CCN(Cc2ccc(C(=O)Nc3nc(-c4cccc(C#C[Si](c5ccccc5)(c5ccccc5)C(C)(C)C)c4)cs3)cc2)CC1. The smallest absolute Gasteiger partial charge is 0.257 e. The maximum Gasteiger partial charge on any atom is 0.257 e. The van der Waals surface area contributed by atoms with Gasteiger partial charge in [0, 0.05) is 54.8 Å². The van der Waals surface area contributed by atoms with E-state index in [-0.39, 0.29) is 10.9 Å². The second-order valence-electron chi connectivity index (χ2n) is 13.3. The van der Waals surface area contributed by atoms with Gasteiger partial charge in [-0.2, -0.15) is 0 Å². The molecule has 0 atom stereocenters. The average molecular weight is 655 g/mol. The molecule has 5 aromatic rings. The van der Waals surface area contributed by atoms with E-state index in [4.69, 9.17) is 4.98 Å². The first-order chi connectivity index (χ1) is 22.7. The van der Waals surface area contributed by atoms with Gasteiger partial charge in [-0.15, -0.1) is 16.9 Å². The number of piperazine rings is 1. The molecule has 0 unspecified atom stereocenters. The van der Waals surface area contributed by atoms with Crippen LogP contribution in [0.3, 0.4) is 0 Å². The number of thiazole rings is 1. The number of hydrogen-bond donors (Lipinski definition) is 1. The third-order valence-corrected chi connectivity index (χ3v) is 14.9. The van der Waals surface area contributed by atoms with E-state index in [1.165, 1.54) is 27.3 Å². The Bertz CT molecular complexity index is 1820. The van der Waals surface area contributed by atoms with E-state index < -0.39 is 8.07 Å². The van der Waals surface area contributed by atoms with E-state index >= 15 is 0 Å². The van der Waals surface area contributed by atoms with Crippen molar-refractivity contribution >= 4 is 40.8 Å². The molecule has 1 amide bonds. The lowest BCUT2D eigenvalue weighted by molar-refractivity contribution is 0.102. The van der Waals surface area contributed by atoms with E-state index in [9.17, 15) is 4.79 Å². The van der Waals surface area contributed by atoms with Gasteiger partial charge in [0.1, 0.15) is 0 Å². The molecular formula is C40H42N4OSSi. The van der Waals surface area contributed by atoms with Crippen LogP contribution in [0, 0.1) is 11.5 Å². The highest BCUT2D eigenvalue weighted by Crippen LogP contribution is 2.35. The zero-order valence-corrected chi connectivity index (χ0v) is 29.5. The summed E-state index contributed by atoms with van der Waals surface area (Å²) >= 11 is 1.43. The summed E-state index contributed by atoms with van der Waals surface area (Å²) in [5.41, 5.74) is 8.49. The molecule has 47 heavy (non-hydrogen) atoms. The standard InChI is InChI=1S/C40H42N4OSSi/c1-40(2,3)47(35-14-7-5-8-15-35,36-16-9-6-10-17-36)27-22-31-12-11-13-34(28-31)37-30-46-39(41-37)42-38(45)33-20-18-32(19-21-33)29-44-25-23-43(4)24-26-44/h5-21,28,30H,23-26,29H2,1-4H3,(H,41,42,45). The maximum atomic E-state index is 13.1. The number of hydrogen-bond acceptors (Lipinski definition) is 5. The lowest BCUT2D eigenvalue weighted by Gasteiger charge is -2.39. The van der Waals surface area contributed by atoms with E-state index in [1.54, 1.807) is 0 Å². The Kier molecular flexibility index (Phi) is 9.86. The van der Waals surface area contributed by atoms with Crippen molar-refractivity contribution < 1.29 is 4.79 Å². The number of nitrogens with one attached hydrogen (secondary N) is 1. The first kappa shape index (κ1) is 32.6. The molecule has 5 nitrogen and oxygen atoms in total. The van der Waals surface area contributed by atoms with Crippen LogP contribution < -0.4 is 15.7 Å². The summed E-state index contributed by atoms with van der Waals surface area (Å²) in [5, 5.41) is 8.14. The van der Waals surface area contributed by atoms with Crippen molar-refractivity contribution in [3.63, 3.8) is 0 Å². The van der Waals surface area contributed by atoms with Crippen molar-refractivity contribution in [2.45, 2.75) is 32.4 Å². The first-order valence-corrected chi connectivity index (χ1v) is 19.1. The molecule has 1 saturated heterocycles. The number of amides is 1. The van der Waals surface area contributed by atoms with Crippen LogP contribution in [0.2, 0.25) is 5.04 Å². The Hall–Kier alpha value is -4.32. The number of carbonyl (C=O) groups is 1. The van der Waals surface area contributed by atoms with E-state index in [2.05, 4.69) is 139 Å². The summed E-state index contributed by atoms with van der Waals surface area (Å²) in [6.07, 6.45) is 0. The first-order valence-electron chi connectivity index (χ1n) is 16.2. The van der Waals surface area contributed by atoms with Gasteiger partial charge in [-0.05, 0) is 52.3 Å². The fourth-order valence-corrected chi connectivity index (χ4v) is 11.5. The third kappa shape index (κ3) is 7.48. The highest BCUT2D eigenvalue weighted by atomic mass is 32.1. The molecule has 0 bridgehead atoms. The second-order valence-corrected chi connectivity index (χ2v) is 18.6. The summed E-state index contributed by atoms with van der Waals surface area (Å²) in [5.74, 6) is 3.45. The highest BCUT2D eigenvalue weighted by Gasteiger charge is 2.47. The molecule has 1 aliphatic heterocycles. The normalized spacial score (nSPS) is 14.3. The van der Waals surface area contributed by atoms with Crippen molar-refractivity contribution in [3.05, 3.63) is 131 Å². The predicted octanol–water partition coefficient (Wildman–Crippen LogP) is 6.76. The van der Waals surface area contributed by atoms with Crippen molar-refractivity contribution in [1.82, 2.24) is 14.8 Å². The van der Waals surface area contributed by atoms with Crippen LogP contribution in [0.15, 0.2) is 115 Å². The van der Waals surface area contributed by atoms with E-state index in [1.807, 2.05) is 29.6 Å². The molecule has 1 aromatic heterocycles. The molecule has 6 rings (SSSR count). The van der Waals surface area contributed by atoms with Crippen LogP contribution in [0.1, 0.15) is 42.3 Å². The number of likely N-dealkylation sites (N-methyl/N-ethyl adjacent to an activating group) is 1. The maximum absolute atomic E-state index is 13.1. The minimum absolute atomic E-state index is 0.0483. The molecule has 1 N–H and O–H groups in total. The zero-order valence-electron chi connectivity index (χ0n) is 27.7. The highest BCUT2D eigenvalue weighted by molar-refractivity contribution is 7.14. The monoisotopic (exact) mass is 654 g/mol. The molecule has 7 heteroatoms. The van der Waals surface area contributed by atoms with Crippen molar-refractivity contribution in [2.24, 2.45) is 0 Å². The summed E-state index contributed by atoms with van der Waals surface area (Å²) in [6, 6.07) is 37.8. The van der Waals surface area contributed by atoms with Crippen LogP contribution in [-0.4, -0.2) is 62.0 Å². The fraction of sp³-hybridized carbons (Fsp3) is 0.250. The molecule has 4 aromatic carbocycles. The van der Waals surface area contributed by atoms with Crippen molar-refractivity contribution in [1.29, 1.82) is 0 Å². The van der Waals surface area contributed by atoms with Crippen molar-refractivity contribution in [2.75, 3.05) is 38.5 Å². The van der Waals surface area contributed by atoms with E-state index in [0.717, 1.165) is 49.5 Å². The lowest BCUT2D eigenvalue weighted by Crippen LogP contribution is -2.63. The Labute approximate surface area is 284 Å². The molecule has 0 aliphatic carbocycles. The third-order valence-electron chi connectivity index (χ3n) is 9.03. The summed E-state index contributed by atoms with van der Waals surface area (Å²) in [6.45, 7) is 12.2. The fourth-order valence-electron chi connectivity index (χ4n) is 6.32. The predicted molar refractivity (Wildman–Crippen MR) is 199 cm³/mol. The Morgan fingerprint density at radius 3 is 2.11 bits per heavy atom. The molecule has 1 aliphatic rings. The molecule has 1 fully saturated rings. The summed E-state index contributed by atoms with van der Waals surface area (Å²) in [4.78, 5) is 22.7. The minimum Gasteiger partial charge on any atom is -0.304 e. The van der Waals surface area contributed by atoms with Gasteiger partial charge in [0.2, 0.25) is 8.07 Å². The largest absolute Gasteiger partial charge is 0.304 e. The molecular weight excluding hydrogens is 613 g/mol. The number of rotatable bonds is 7. The van der Waals surface area contributed by atoms with Crippen molar-refractivity contribution in [3.8, 4) is 22.7 Å². The van der Waals surface area contributed by atoms with E-state index in [0.29, 0.717) is 10.7 Å². The molecule has 0 radical (unpaired) electrons. The summed E-state index contributed by atoms with van der Waals surface area (Å²) in [7, 11) is -0.352. The van der Waals surface area contributed by atoms with Crippen LogP contribution in [0.5, 0.6) is 0 Å². The Morgan fingerprint density at radius 1 is 0.851 bits per heavy atom. The number of carbonyl (C=O) groups excluding carboxylic acids is 1. The molecule has 0 saturated carbocycles. The van der Waals surface area contributed by atoms with Gasteiger partial charge < -0.3 is 4.90 Å². The van der Waals surface area contributed by atoms with Crippen LogP contribution in [0.4, 0.5) is 5.13 Å². The van der Waals surface area contributed by atoms with Gasteiger partial charge in [-0.1, -0.05) is 112 Å². The zero-order chi connectivity index (χ0) is 32.9. The van der Waals surface area contributed by atoms with Gasteiger partial charge in [0.25, 0.3) is 5.91 Å².